The Balaban J connectivity index is 1.81. The van der Waals surface area contributed by atoms with Crippen LogP contribution in [-0.2, 0) is 15.3 Å². The minimum atomic E-state index is -0.138. The van der Waals surface area contributed by atoms with Crippen molar-refractivity contribution in [2.75, 3.05) is 16.4 Å². The Hall–Kier alpha value is -2.78. The van der Waals surface area contributed by atoms with Crippen LogP contribution in [0.2, 0.25) is 0 Å². The van der Waals surface area contributed by atoms with Gasteiger partial charge in [0.2, 0.25) is 11.8 Å². The third-order valence-corrected chi connectivity index (χ3v) is 4.10. The maximum atomic E-state index is 12.0. The van der Waals surface area contributed by atoms with Crippen molar-refractivity contribution >= 4 is 35.0 Å². The van der Waals surface area contributed by atoms with Crippen molar-refractivity contribution in [3.63, 3.8) is 0 Å². The van der Waals surface area contributed by atoms with Crippen LogP contribution in [0.3, 0.4) is 0 Å². The van der Waals surface area contributed by atoms with Crippen molar-refractivity contribution in [2.24, 2.45) is 0 Å². The normalized spacial score (nSPS) is 9.83. The van der Waals surface area contributed by atoms with Crippen LogP contribution in [0.25, 0.3) is 0 Å². The lowest BCUT2D eigenvalue weighted by Gasteiger charge is -2.07. The van der Waals surface area contributed by atoms with Crippen LogP contribution < -0.4 is 10.6 Å². The minimum Gasteiger partial charge on any atom is -0.326 e. The quantitative estimate of drug-likeness (QED) is 0.845. The first-order valence-electron chi connectivity index (χ1n) is 7.32. The summed E-state index contributed by atoms with van der Waals surface area (Å²) < 4.78 is 0. The second-order valence-corrected chi connectivity index (χ2v) is 6.05. The number of thioether (sulfide) groups is 1. The SMILES string of the molecule is CC(=O)Nc1ccc(NC(=O)CSCc2ccccc2C#N)cc1. The third-order valence-electron chi connectivity index (χ3n) is 3.12. The fraction of sp³-hybridized carbons (Fsp3) is 0.167. The molecular weight excluding hydrogens is 322 g/mol. The van der Waals surface area contributed by atoms with Crippen LogP contribution >= 0.6 is 11.8 Å². The molecule has 0 bridgehead atoms. The molecule has 0 unspecified atom stereocenters. The Morgan fingerprint density at radius 3 is 2.29 bits per heavy atom. The monoisotopic (exact) mass is 339 g/mol. The lowest BCUT2D eigenvalue weighted by molar-refractivity contribution is -0.114. The van der Waals surface area contributed by atoms with E-state index < -0.39 is 0 Å². The Bertz CT molecular complexity index is 767. The van der Waals surface area contributed by atoms with Crippen LogP contribution in [0, 0.1) is 11.3 Å². The number of hydrogen-bond donors (Lipinski definition) is 2. The van der Waals surface area contributed by atoms with Crippen molar-refractivity contribution in [3.8, 4) is 6.07 Å². The molecule has 24 heavy (non-hydrogen) atoms. The van der Waals surface area contributed by atoms with Gasteiger partial charge in [0.1, 0.15) is 0 Å². The Morgan fingerprint density at radius 1 is 1.04 bits per heavy atom. The number of amides is 2. The van der Waals surface area contributed by atoms with Crippen molar-refractivity contribution < 1.29 is 9.59 Å². The topological polar surface area (TPSA) is 82.0 Å². The summed E-state index contributed by atoms with van der Waals surface area (Å²) in [6, 6.07) is 16.4. The molecule has 2 amide bonds. The van der Waals surface area contributed by atoms with E-state index >= 15 is 0 Å². The zero-order valence-corrected chi connectivity index (χ0v) is 14.0. The zero-order valence-electron chi connectivity index (χ0n) is 13.2. The molecule has 2 aromatic rings. The number of nitriles is 1. The van der Waals surface area contributed by atoms with Crippen LogP contribution in [0.15, 0.2) is 48.5 Å². The number of anilines is 2. The summed E-state index contributed by atoms with van der Waals surface area (Å²) in [6.45, 7) is 1.44. The average Bonchev–Trinajstić information content (AvgIpc) is 2.56. The van der Waals surface area contributed by atoms with Gasteiger partial charge in [-0.1, -0.05) is 18.2 Å². The summed E-state index contributed by atoms with van der Waals surface area (Å²) in [7, 11) is 0. The number of rotatable bonds is 6. The predicted octanol–water partition coefficient (Wildman–Crippen LogP) is 3.39. The highest BCUT2D eigenvalue weighted by molar-refractivity contribution is 7.99. The van der Waals surface area contributed by atoms with Gasteiger partial charge in [-0.3, -0.25) is 9.59 Å². The molecule has 0 fully saturated rings. The molecule has 122 valence electrons. The maximum Gasteiger partial charge on any atom is 0.234 e. The standard InChI is InChI=1S/C18H17N3O2S/c1-13(22)20-16-6-8-17(9-7-16)21-18(23)12-24-11-15-5-3-2-4-14(15)10-19/h2-9H,11-12H2,1H3,(H,20,22)(H,21,23). The van der Waals surface area contributed by atoms with E-state index in [1.807, 2.05) is 18.2 Å². The fourth-order valence-corrected chi connectivity index (χ4v) is 2.88. The van der Waals surface area contributed by atoms with Gasteiger partial charge in [-0.15, -0.1) is 11.8 Å². The van der Waals surface area contributed by atoms with E-state index in [1.165, 1.54) is 18.7 Å². The summed E-state index contributed by atoms with van der Waals surface area (Å²) in [5.41, 5.74) is 2.92. The van der Waals surface area contributed by atoms with Gasteiger partial charge in [-0.05, 0) is 35.9 Å². The van der Waals surface area contributed by atoms with E-state index in [2.05, 4.69) is 16.7 Å². The molecule has 0 aromatic heterocycles. The Labute approximate surface area is 145 Å². The molecule has 0 aliphatic heterocycles. The second-order valence-electron chi connectivity index (χ2n) is 5.07. The van der Waals surface area contributed by atoms with Crippen molar-refractivity contribution in [1.29, 1.82) is 5.26 Å². The first-order chi connectivity index (χ1) is 11.6. The maximum absolute atomic E-state index is 12.0. The van der Waals surface area contributed by atoms with Gasteiger partial charge < -0.3 is 10.6 Å². The molecule has 0 heterocycles. The number of hydrogen-bond acceptors (Lipinski definition) is 4. The zero-order chi connectivity index (χ0) is 17.4. The molecule has 0 saturated heterocycles. The summed E-state index contributed by atoms with van der Waals surface area (Å²) in [6.07, 6.45) is 0. The van der Waals surface area contributed by atoms with E-state index in [0.29, 0.717) is 28.4 Å². The first kappa shape index (κ1) is 17.6. The highest BCUT2D eigenvalue weighted by Gasteiger charge is 2.05. The molecule has 0 aliphatic rings. The number of carbonyl (C=O) groups excluding carboxylic acids is 2. The number of benzene rings is 2. The van der Waals surface area contributed by atoms with Crippen LogP contribution in [0.1, 0.15) is 18.1 Å². The molecule has 0 radical (unpaired) electrons. The molecule has 2 rings (SSSR count). The van der Waals surface area contributed by atoms with E-state index in [9.17, 15) is 9.59 Å². The summed E-state index contributed by atoms with van der Waals surface area (Å²) in [4.78, 5) is 22.9. The van der Waals surface area contributed by atoms with Gasteiger partial charge in [0.15, 0.2) is 0 Å². The van der Waals surface area contributed by atoms with Gasteiger partial charge in [-0.25, -0.2) is 0 Å². The third kappa shape index (κ3) is 5.45. The summed E-state index contributed by atoms with van der Waals surface area (Å²) >= 11 is 1.45. The van der Waals surface area contributed by atoms with E-state index in [1.54, 1.807) is 30.3 Å². The van der Waals surface area contributed by atoms with Gasteiger partial charge in [0, 0.05) is 24.1 Å². The molecule has 0 saturated carbocycles. The largest absolute Gasteiger partial charge is 0.326 e. The number of carbonyl (C=O) groups is 2. The van der Waals surface area contributed by atoms with Crippen LogP contribution in [-0.4, -0.2) is 17.6 Å². The lowest BCUT2D eigenvalue weighted by atomic mass is 10.1. The summed E-state index contributed by atoms with van der Waals surface area (Å²) in [5.74, 6) is 0.661. The Kier molecular flexibility index (Phi) is 6.41. The fourth-order valence-electron chi connectivity index (χ4n) is 2.05. The highest BCUT2D eigenvalue weighted by atomic mass is 32.2. The molecule has 0 spiro atoms. The molecule has 2 aromatic carbocycles. The van der Waals surface area contributed by atoms with Crippen molar-refractivity contribution in [1.82, 2.24) is 0 Å². The smallest absolute Gasteiger partial charge is 0.234 e. The molecular formula is C18H17N3O2S. The van der Waals surface area contributed by atoms with E-state index in [-0.39, 0.29) is 11.8 Å². The molecule has 5 nitrogen and oxygen atoms in total. The Morgan fingerprint density at radius 2 is 1.67 bits per heavy atom. The average molecular weight is 339 g/mol. The molecule has 0 aliphatic carbocycles. The first-order valence-corrected chi connectivity index (χ1v) is 8.47. The summed E-state index contributed by atoms with van der Waals surface area (Å²) in [5, 5.41) is 14.5. The van der Waals surface area contributed by atoms with Gasteiger partial charge in [0.25, 0.3) is 0 Å². The lowest BCUT2D eigenvalue weighted by Crippen LogP contribution is -2.14. The van der Waals surface area contributed by atoms with Crippen molar-refractivity contribution in [3.05, 3.63) is 59.7 Å². The van der Waals surface area contributed by atoms with Gasteiger partial charge >= 0.3 is 0 Å². The second kappa shape index (κ2) is 8.75. The van der Waals surface area contributed by atoms with Crippen LogP contribution in [0.4, 0.5) is 11.4 Å². The van der Waals surface area contributed by atoms with Gasteiger partial charge in [-0.2, -0.15) is 5.26 Å². The highest BCUT2D eigenvalue weighted by Crippen LogP contribution is 2.17. The predicted molar refractivity (Wildman–Crippen MR) is 96.7 cm³/mol. The van der Waals surface area contributed by atoms with Crippen molar-refractivity contribution in [2.45, 2.75) is 12.7 Å². The molecule has 6 heteroatoms. The van der Waals surface area contributed by atoms with E-state index in [4.69, 9.17) is 5.26 Å². The van der Waals surface area contributed by atoms with Gasteiger partial charge in [0.05, 0.1) is 17.4 Å². The van der Waals surface area contributed by atoms with Crippen LogP contribution in [0.5, 0.6) is 0 Å². The number of nitrogens with zero attached hydrogens (tertiary/aromatic N) is 1. The van der Waals surface area contributed by atoms with E-state index in [0.717, 1.165) is 5.56 Å². The molecule has 0 atom stereocenters. The number of nitrogens with one attached hydrogen (secondary N) is 2. The minimum absolute atomic E-state index is 0.110. The molecule has 2 N–H and O–H groups in total.